The third kappa shape index (κ3) is 1.80. The first kappa shape index (κ1) is 10.4. The van der Waals surface area contributed by atoms with Gasteiger partial charge in [0.2, 0.25) is 0 Å². The molecule has 80 valence electrons. The first-order valence-corrected chi connectivity index (χ1v) is 4.94. The molecule has 0 amide bonds. The summed E-state index contributed by atoms with van der Waals surface area (Å²) in [5.41, 5.74) is 1.22. The molecule has 0 unspecified atom stereocenters. The summed E-state index contributed by atoms with van der Waals surface area (Å²) in [6, 6.07) is 4.56. The Balaban J connectivity index is 2.94. The highest BCUT2D eigenvalue weighted by atomic mass is 16.3. The SMILES string of the molecule is C=C/C=c1/nc2ccc(=O)cc-2o/c1=C/C. The highest BCUT2D eigenvalue weighted by molar-refractivity contribution is 5.53. The summed E-state index contributed by atoms with van der Waals surface area (Å²) in [7, 11) is 0. The Kier molecular flexibility index (Phi) is 2.68. The van der Waals surface area contributed by atoms with E-state index < -0.39 is 0 Å². The molecule has 3 heteroatoms. The lowest BCUT2D eigenvalue weighted by Crippen LogP contribution is -2.29. The van der Waals surface area contributed by atoms with Crippen LogP contribution in [0.15, 0.2) is 40.1 Å². The monoisotopic (exact) mass is 213 g/mol. The second-order valence-electron chi connectivity index (χ2n) is 3.28. The van der Waals surface area contributed by atoms with Crippen molar-refractivity contribution in [3.05, 3.63) is 51.8 Å². The van der Waals surface area contributed by atoms with Gasteiger partial charge in [-0.3, -0.25) is 4.79 Å². The zero-order valence-corrected chi connectivity index (χ0v) is 8.93. The van der Waals surface area contributed by atoms with Crippen LogP contribution in [-0.4, -0.2) is 4.98 Å². The fraction of sp³-hybridized carbons (Fsp3) is 0.0769. The van der Waals surface area contributed by atoms with Gasteiger partial charge in [-0.05, 0) is 31.2 Å². The third-order valence-electron chi connectivity index (χ3n) is 2.18. The molecule has 0 radical (unpaired) electrons. The molecular weight excluding hydrogens is 202 g/mol. The summed E-state index contributed by atoms with van der Waals surface area (Å²) in [4.78, 5) is 15.6. The predicted molar refractivity (Wildman–Crippen MR) is 63.4 cm³/mol. The zero-order valence-electron chi connectivity index (χ0n) is 8.93. The number of allylic oxidation sites excluding steroid dienone is 1. The van der Waals surface area contributed by atoms with Crippen molar-refractivity contribution >= 4 is 12.2 Å². The molecule has 0 N–H and O–H groups in total. The largest absolute Gasteiger partial charge is 0.453 e. The summed E-state index contributed by atoms with van der Waals surface area (Å²) in [5, 5.41) is 0.712. The van der Waals surface area contributed by atoms with Crippen molar-refractivity contribution < 1.29 is 4.42 Å². The first-order valence-electron chi connectivity index (χ1n) is 4.94. The molecule has 0 saturated carbocycles. The van der Waals surface area contributed by atoms with Crippen LogP contribution < -0.4 is 16.2 Å². The molecule has 0 aromatic rings. The molecule has 0 bridgehead atoms. The number of rotatable bonds is 1. The van der Waals surface area contributed by atoms with Crippen LogP contribution >= 0.6 is 0 Å². The van der Waals surface area contributed by atoms with E-state index >= 15 is 0 Å². The van der Waals surface area contributed by atoms with Gasteiger partial charge in [-0.15, -0.1) is 0 Å². The van der Waals surface area contributed by atoms with Crippen LogP contribution in [0.4, 0.5) is 0 Å². The molecule has 0 fully saturated rings. The average molecular weight is 213 g/mol. The molecule has 1 aliphatic heterocycles. The van der Waals surface area contributed by atoms with Crippen molar-refractivity contribution in [3.63, 3.8) is 0 Å². The molecule has 0 spiro atoms. The van der Waals surface area contributed by atoms with Crippen molar-refractivity contribution in [2.45, 2.75) is 6.92 Å². The van der Waals surface area contributed by atoms with E-state index in [1.807, 2.05) is 6.92 Å². The highest BCUT2D eigenvalue weighted by Crippen LogP contribution is 2.11. The molecule has 1 heterocycles. The van der Waals surface area contributed by atoms with E-state index in [9.17, 15) is 4.79 Å². The molecule has 1 aliphatic carbocycles. The quantitative estimate of drug-likeness (QED) is 0.707. The minimum atomic E-state index is -0.0828. The number of fused-ring (bicyclic) bond motifs is 1. The predicted octanol–water partition coefficient (Wildman–Crippen LogP) is 0.906. The lowest BCUT2D eigenvalue weighted by atomic mass is 10.2. The zero-order chi connectivity index (χ0) is 11.5. The second-order valence-corrected chi connectivity index (χ2v) is 3.28. The fourth-order valence-corrected chi connectivity index (χ4v) is 1.46. The molecule has 2 rings (SSSR count). The molecular formula is C13H11NO2. The van der Waals surface area contributed by atoms with E-state index in [0.29, 0.717) is 22.2 Å². The van der Waals surface area contributed by atoms with E-state index in [1.54, 1.807) is 24.3 Å². The van der Waals surface area contributed by atoms with Gasteiger partial charge in [-0.1, -0.05) is 12.7 Å². The van der Waals surface area contributed by atoms with Gasteiger partial charge >= 0.3 is 0 Å². The Bertz CT molecular complexity index is 667. The van der Waals surface area contributed by atoms with E-state index in [-0.39, 0.29) is 5.43 Å². The van der Waals surface area contributed by atoms with Gasteiger partial charge in [0, 0.05) is 6.07 Å². The number of benzene rings is 1. The standard InChI is InChI=1S/C13H11NO2/c1-3-5-10-12(4-2)16-13-8-9(15)6-7-11(13)14-10/h3-8H,1H2,2H3/b10-5+,12-4+. The summed E-state index contributed by atoms with van der Waals surface area (Å²) < 4.78 is 5.58. The van der Waals surface area contributed by atoms with E-state index in [1.165, 1.54) is 12.1 Å². The van der Waals surface area contributed by atoms with Gasteiger partial charge in [0.1, 0.15) is 16.5 Å². The van der Waals surface area contributed by atoms with E-state index in [2.05, 4.69) is 11.6 Å². The smallest absolute Gasteiger partial charge is 0.182 e. The van der Waals surface area contributed by atoms with Crippen LogP contribution in [0.2, 0.25) is 0 Å². The minimum absolute atomic E-state index is 0.0828. The van der Waals surface area contributed by atoms with Crippen LogP contribution in [0.3, 0.4) is 0 Å². The Labute approximate surface area is 92.4 Å². The first-order chi connectivity index (χ1) is 7.74. The van der Waals surface area contributed by atoms with Crippen LogP contribution in [0.1, 0.15) is 6.92 Å². The maximum Gasteiger partial charge on any atom is 0.182 e. The number of aromatic nitrogens is 1. The van der Waals surface area contributed by atoms with Crippen molar-refractivity contribution in [1.82, 2.24) is 4.98 Å². The maximum absolute atomic E-state index is 11.2. The van der Waals surface area contributed by atoms with E-state index in [0.717, 1.165) is 0 Å². The van der Waals surface area contributed by atoms with Crippen molar-refractivity contribution in [2.24, 2.45) is 0 Å². The molecule has 0 saturated heterocycles. The van der Waals surface area contributed by atoms with Gasteiger partial charge in [-0.2, -0.15) is 0 Å². The third-order valence-corrected chi connectivity index (χ3v) is 2.18. The molecule has 0 atom stereocenters. The minimum Gasteiger partial charge on any atom is -0.453 e. The maximum atomic E-state index is 11.2. The Morgan fingerprint density at radius 2 is 2.25 bits per heavy atom. The summed E-state index contributed by atoms with van der Waals surface area (Å²) in [6.45, 7) is 5.48. The van der Waals surface area contributed by atoms with Crippen LogP contribution in [-0.2, 0) is 0 Å². The number of nitrogens with zero attached hydrogens (tertiary/aromatic N) is 1. The van der Waals surface area contributed by atoms with E-state index in [4.69, 9.17) is 4.42 Å². The fourth-order valence-electron chi connectivity index (χ4n) is 1.46. The van der Waals surface area contributed by atoms with Crippen LogP contribution in [0.5, 0.6) is 0 Å². The highest BCUT2D eigenvalue weighted by Gasteiger charge is 2.05. The summed E-state index contributed by atoms with van der Waals surface area (Å²) in [5.74, 6) is 0.502. The van der Waals surface area contributed by atoms with Crippen molar-refractivity contribution in [3.8, 4) is 11.5 Å². The molecule has 0 aromatic carbocycles. The lowest BCUT2D eigenvalue weighted by Gasteiger charge is -2.01. The van der Waals surface area contributed by atoms with Gasteiger partial charge in [0.05, 0.1) is 0 Å². The Morgan fingerprint density at radius 3 is 2.94 bits per heavy atom. The summed E-state index contributed by atoms with van der Waals surface area (Å²) >= 11 is 0. The van der Waals surface area contributed by atoms with Crippen molar-refractivity contribution in [2.75, 3.05) is 0 Å². The Morgan fingerprint density at radius 1 is 1.44 bits per heavy atom. The van der Waals surface area contributed by atoms with Crippen LogP contribution in [0, 0.1) is 0 Å². The lowest BCUT2D eigenvalue weighted by molar-refractivity contribution is 0.513. The number of hydrogen-bond acceptors (Lipinski definition) is 3. The van der Waals surface area contributed by atoms with Gasteiger partial charge in [0.25, 0.3) is 0 Å². The Hall–Kier alpha value is -2.16. The second kappa shape index (κ2) is 4.14. The molecule has 0 aromatic heterocycles. The molecule has 2 aliphatic rings. The van der Waals surface area contributed by atoms with Gasteiger partial charge in [-0.25, -0.2) is 4.98 Å². The molecule has 3 nitrogen and oxygen atoms in total. The molecule has 16 heavy (non-hydrogen) atoms. The topological polar surface area (TPSA) is 43.1 Å². The number of hydrogen-bond donors (Lipinski definition) is 0. The summed E-state index contributed by atoms with van der Waals surface area (Å²) in [6.07, 6.45) is 5.22. The average Bonchev–Trinajstić information content (AvgIpc) is 2.29. The van der Waals surface area contributed by atoms with Crippen molar-refractivity contribution in [1.29, 1.82) is 0 Å². The van der Waals surface area contributed by atoms with Gasteiger partial charge < -0.3 is 4.42 Å². The normalized spacial score (nSPS) is 13.3. The van der Waals surface area contributed by atoms with Crippen LogP contribution in [0.25, 0.3) is 23.6 Å². The van der Waals surface area contributed by atoms with Gasteiger partial charge in [0.15, 0.2) is 11.2 Å².